The first-order chi connectivity index (χ1) is 17.3. The quantitative estimate of drug-likeness (QED) is 0.406. The van der Waals surface area contributed by atoms with Crippen molar-refractivity contribution in [1.29, 1.82) is 5.26 Å². The molecule has 8 heteroatoms. The zero-order chi connectivity index (χ0) is 25.3. The van der Waals surface area contributed by atoms with E-state index >= 15 is 0 Å². The summed E-state index contributed by atoms with van der Waals surface area (Å²) in [7, 11) is 0. The van der Waals surface area contributed by atoms with Crippen molar-refractivity contribution < 1.29 is 9.84 Å². The molecule has 0 atom stereocenters. The summed E-state index contributed by atoms with van der Waals surface area (Å²) in [5, 5.41) is 23.9. The molecule has 0 radical (unpaired) electrons. The fraction of sp³-hybridized carbons (Fsp3) is 0.286. The topological polar surface area (TPSA) is 99.6 Å². The molecule has 5 rings (SSSR count). The highest BCUT2D eigenvalue weighted by atomic mass is 16.5. The summed E-state index contributed by atoms with van der Waals surface area (Å²) in [6, 6.07) is 12.0. The SMILES string of the molecule is C#Cc1ccc(CC2CN(c3ccc(-c4cc(OCC(C)(C)O)cn5ncc(C#N)c45)cn3)C2)cn1. The molecule has 0 aromatic carbocycles. The van der Waals surface area contributed by atoms with Gasteiger partial charge in [-0.15, -0.1) is 6.42 Å². The number of rotatable bonds is 7. The molecule has 5 heterocycles. The van der Waals surface area contributed by atoms with Crippen LogP contribution in [0.5, 0.6) is 5.75 Å². The van der Waals surface area contributed by atoms with Crippen molar-refractivity contribution in [3.8, 4) is 35.3 Å². The van der Waals surface area contributed by atoms with Crippen molar-refractivity contribution in [3.63, 3.8) is 0 Å². The summed E-state index contributed by atoms with van der Waals surface area (Å²) >= 11 is 0. The number of aliphatic hydroxyl groups is 1. The van der Waals surface area contributed by atoms with Crippen LogP contribution in [-0.2, 0) is 6.42 Å². The van der Waals surface area contributed by atoms with Crippen LogP contribution < -0.4 is 9.64 Å². The maximum atomic E-state index is 10.0. The minimum atomic E-state index is -0.975. The molecule has 0 unspecified atom stereocenters. The third-order valence-electron chi connectivity index (χ3n) is 6.14. The normalized spacial score (nSPS) is 13.8. The molecule has 1 N–H and O–H groups in total. The third-order valence-corrected chi connectivity index (χ3v) is 6.14. The molecule has 1 aliphatic rings. The van der Waals surface area contributed by atoms with Crippen molar-refractivity contribution in [1.82, 2.24) is 19.6 Å². The molecule has 0 amide bonds. The summed E-state index contributed by atoms with van der Waals surface area (Å²) in [5.41, 5.74) is 3.67. The Balaban J connectivity index is 1.32. The number of terminal acetylenes is 1. The van der Waals surface area contributed by atoms with Gasteiger partial charge in [-0.1, -0.05) is 12.0 Å². The number of ether oxygens (including phenoxy) is 1. The second-order valence-corrected chi connectivity index (χ2v) is 9.73. The van der Waals surface area contributed by atoms with Gasteiger partial charge in [0.1, 0.15) is 29.9 Å². The molecule has 4 aromatic heterocycles. The van der Waals surface area contributed by atoms with Gasteiger partial charge >= 0.3 is 0 Å². The number of nitriles is 1. The lowest BCUT2D eigenvalue weighted by Crippen LogP contribution is -2.48. The Kier molecular flexibility index (Phi) is 6.05. The van der Waals surface area contributed by atoms with Gasteiger partial charge in [-0.3, -0.25) is 0 Å². The second-order valence-electron chi connectivity index (χ2n) is 9.73. The van der Waals surface area contributed by atoms with Gasteiger partial charge in [0.2, 0.25) is 0 Å². The van der Waals surface area contributed by atoms with Gasteiger partial charge in [0.05, 0.1) is 29.1 Å². The van der Waals surface area contributed by atoms with Gasteiger partial charge in [-0.2, -0.15) is 10.4 Å². The molecule has 1 saturated heterocycles. The molecule has 4 aromatic rings. The fourth-order valence-electron chi connectivity index (χ4n) is 4.32. The van der Waals surface area contributed by atoms with Gasteiger partial charge in [0, 0.05) is 36.6 Å². The highest BCUT2D eigenvalue weighted by Gasteiger charge is 2.28. The number of aromatic nitrogens is 4. The summed E-state index contributed by atoms with van der Waals surface area (Å²) in [4.78, 5) is 11.2. The molecule has 0 saturated carbocycles. The van der Waals surface area contributed by atoms with Crippen molar-refractivity contribution in [3.05, 3.63) is 71.9 Å². The first-order valence-corrected chi connectivity index (χ1v) is 11.7. The number of fused-ring (bicyclic) bond motifs is 1. The number of nitrogens with zero attached hydrogens (tertiary/aromatic N) is 6. The van der Waals surface area contributed by atoms with E-state index in [1.165, 1.54) is 11.8 Å². The first kappa shape index (κ1) is 23.3. The lowest BCUT2D eigenvalue weighted by molar-refractivity contribution is 0.0283. The molecule has 0 aliphatic carbocycles. The molecule has 1 aliphatic heterocycles. The number of anilines is 1. The van der Waals surface area contributed by atoms with Crippen LogP contribution in [0.3, 0.4) is 0 Å². The van der Waals surface area contributed by atoms with Crippen molar-refractivity contribution in [2.75, 3.05) is 24.6 Å². The number of hydrogen-bond donors (Lipinski definition) is 1. The third kappa shape index (κ3) is 4.86. The van der Waals surface area contributed by atoms with Crippen LogP contribution in [-0.4, -0.2) is 50.0 Å². The Hall–Kier alpha value is -4.40. The van der Waals surface area contributed by atoms with E-state index in [1.54, 1.807) is 24.6 Å². The van der Waals surface area contributed by atoms with Crippen molar-refractivity contribution in [2.45, 2.75) is 25.9 Å². The number of pyridine rings is 3. The zero-order valence-corrected chi connectivity index (χ0v) is 20.2. The van der Waals surface area contributed by atoms with E-state index in [0.717, 1.165) is 36.5 Å². The predicted octanol–water partition coefficient (Wildman–Crippen LogP) is 3.47. The van der Waals surface area contributed by atoms with Gasteiger partial charge in [-0.05, 0) is 56.0 Å². The fourth-order valence-corrected chi connectivity index (χ4v) is 4.32. The molecule has 8 nitrogen and oxygen atoms in total. The highest BCUT2D eigenvalue weighted by Crippen LogP contribution is 2.32. The van der Waals surface area contributed by atoms with E-state index < -0.39 is 5.60 Å². The van der Waals surface area contributed by atoms with Crippen molar-refractivity contribution >= 4 is 11.3 Å². The van der Waals surface area contributed by atoms with E-state index in [9.17, 15) is 10.4 Å². The van der Waals surface area contributed by atoms with E-state index in [2.05, 4.69) is 27.0 Å². The molecule has 0 spiro atoms. The lowest BCUT2D eigenvalue weighted by Gasteiger charge is -2.40. The average Bonchev–Trinajstić information content (AvgIpc) is 3.27. The lowest BCUT2D eigenvalue weighted by atomic mass is 9.92. The first-order valence-electron chi connectivity index (χ1n) is 11.7. The molecule has 180 valence electrons. The summed E-state index contributed by atoms with van der Waals surface area (Å²) < 4.78 is 7.44. The van der Waals surface area contributed by atoms with Gasteiger partial charge in [0.25, 0.3) is 0 Å². The Labute approximate surface area is 209 Å². The minimum Gasteiger partial charge on any atom is -0.489 e. The molecule has 0 bridgehead atoms. The summed E-state index contributed by atoms with van der Waals surface area (Å²) in [6.45, 7) is 5.34. The Bertz CT molecular complexity index is 1460. The van der Waals surface area contributed by atoms with E-state index in [-0.39, 0.29) is 6.61 Å². The van der Waals surface area contributed by atoms with E-state index in [4.69, 9.17) is 16.1 Å². The largest absolute Gasteiger partial charge is 0.489 e. The molecule has 1 fully saturated rings. The zero-order valence-electron chi connectivity index (χ0n) is 20.2. The monoisotopic (exact) mass is 478 g/mol. The second kappa shape index (κ2) is 9.33. The van der Waals surface area contributed by atoms with Gasteiger partial charge < -0.3 is 14.7 Å². The van der Waals surface area contributed by atoms with Crippen molar-refractivity contribution in [2.24, 2.45) is 5.92 Å². The molecular formula is C28H26N6O2. The van der Waals surface area contributed by atoms with Crippen LogP contribution in [0, 0.1) is 29.6 Å². The smallest absolute Gasteiger partial charge is 0.138 e. The van der Waals surface area contributed by atoms with Crippen LogP contribution in [0.4, 0.5) is 5.82 Å². The van der Waals surface area contributed by atoms with Crippen LogP contribution in [0.25, 0.3) is 16.6 Å². The van der Waals surface area contributed by atoms with Crippen LogP contribution in [0.15, 0.2) is 55.1 Å². The Morgan fingerprint density at radius 2 is 2.00 bits per heavy atom. The molecule has 36 heavy (non-hydrogen) atoms. The minimum absolute atomic E-state index is 0.127. The average molecular weight is 479 g/mol. The van der Waals surface area contributed by atoms with Crippen LogP contribution >= 0.6 is 0 Å². The summed E-state index contributed by atoms with van der Waals surface area (Å²) in [6.07, 6.45) is 13.3. The van der Waals surface area contributed by atoms with Gasteiger partial charge in [-0.25, -0.2) is 14.5 Å². The molecular weight excluding hydrogens is 452 g/mol. The van der Waals surface area contributed by atoms with Crippen LogP contribution in [0.1, 0.15) is 30.7 Å². The highest BCUT2D eigenvalue weighted by molar-refractivity contribution is 5.85. The standard InChI is InChI=1S/C28H26N6O2/c1-4-23-7-5-19(12-30-23)9-20-15-33(16-20)26-8-6-21(13-31-26)25-10-24(36-18-28(2,3)35)17-34-27(25)22(11-29)14-32-34/h1,5-8,10,12-14,17,20,35H,9,15-16,18H2,2-3H3. The summed E-state index contributed by atoms with van der Waals surface area (Å²) in [5.74, 6) is 4.55. The van der Waals surface area contributed by atoms with E-state index in [0.29, 0.717) is 28.4 Å². The maximum Gasteiger partial charge on any atom is 0.138 e. The predicted molar refractivity (Wildman–Crippen MR) is 137 cm³/mol. The number of hydrogen-bond acceptors (Lipinski definition) is 7. The maximum absolute atomic E-state index is 10.0. The van der Waals surface area contributed by atoms with Gasteiger partial charge in [0.15, 0.2) is 0 Å². The van der Waals surface area contributed by atoms with Crippen LogP contribution in [0.2, 0.25) is 0 Å². The van der Waals surface area contributed by atoms with E-state index in [1.807, 2.05) is 42.7 Å². The Morgan fingerprint density at radius 3 is 2.64 bits per heavy atom. The Morgan fingerprint density at radius 1 is 1.17 bits per heavy atom.